The van der Waals surface area contributed by atoms with E-state index in [0.29, 0.717) is 11.3 Å². The first-order valence-corrected chi connectivity index (χ1v) is 7.19. The van der Waals surface area contributed by atoms with E-state index < -0.39 is 29.6 Å². The lowest BCUT2D eigenvalue weighted by Gasteiger charge is -2.15. The zero-order valence-corrected chi connectivity index (χ0v) is 12.9. The summed E-state index contributed by atoms with van der Waals surface area (Å²) in [5.74, 6) is -1.60. The molecule has 0 aliphatic rings. The van der Waals surface area contributed by atoms with Crippen LogP contribution in [-0.2, 0) is 16.0 Å². The molecule has 2 rings (SSSR count). The zero-order valence-electron chi connectivity index (χ0n) is 12.9. The monoisotopic (exact) mass is 334 g/mol. The fraction of sp³-hybridized carbons (Fsp3) is 0.176. The average Bonchev–Trinajstić information content (AvgIpc) is 2.54. The highest BCUT2D eigenvalue weighted by atomic mass is 19.1. The summed E-state index contributed by atoms with van der Waals surface area (Å²) in [5, 5.41) is 0. The van der Waals surface area contributed by atoms with Crippen molar-refractivity contribution in [3.8, 4) is 5.75 Å². The van der Waals surface area contributed by atoms with E-state index in [-0.39, 0.29) is 6.42 Å². The molecule has 0 unspecified atom stereocenters. The van der Waals surface area contributed by atoms with E-state index in [1.165, 1.54) is 49.4 Å². The Morgan fingerprint density at radius 3 is 2.42 bits per heavy atom. The summed E-state index contributed by atoms with van der Waals surface area (Å²) in [6, 6.07) is 10.8. The quantitative estimate of drug-likeness (QED) is 0.823. The lowest BCUT2D eigenvalue weighted by atomic mass is 10.1. The largest absolute Gasteiger partial charge is 0.481 e. The number of hydrazine groups is 1. The first-order valence-electron chi connectivity index (χ1n) is 7.19. The third-order valence-electron chi connectivity index (χ3n) is 3.07. The molecule has 2 aromatic rings. The van der Waals surface area contributed by atoms with Gasteiger partial charge in [-0.3, -0.25) is 20.4 Å². The van der Waals surface area contributed by atoms with E-state index >= 15 is 0 Å². The van der Waals surface area contributed by atoms with Crippen LogP contribution >= 0.6 is 0 Å². The molecule has 24 heavy (non-hydrogen) atoms. The van der Waals surface area contributed by atoms with Crippen LogP contribution in [0.5, 0.6) is 5.75 Å². The maximum absolute atomic E-state index is 13.0. The summed E-state index contributed by atoms with van der Waals surface area (Å²) in [5.41, 5.74) is 4.93. The molecule has 0 bridgehead atoms. The average molecular weight is 334 g/mol. The third kappa shape index (κ3) is 5.35. The van der Waals surface area contributed by atoms with Crippen LogP contribution in [0.15, 0.2) is 48.5 Å². The van der Waals surface area contributed by atoms with Crippen LogP contribution in [0.1, 0.15) is 12.5 Å². The number of halogens is 2. The zero-order chi connectivity index (χ0) is 17.5. The molecule has 0 radical (unpaired) electrons. The topological polar surface area (TPSA) is 67.4 Å². The predicted octanol–water partition coefficient (Wildman–Crippen LogP) is 2.12. The molecule has 0 spiro atoms. The van der Waals surface area contributed by atoms with Gasteiger partial charge in [0.05, 0.1) is 6.42 Å². The number of hydrogen-bond acceptors (Lipinski definition) is 3. The van der Waals surface area contributed by atoms with E-state index in [1.807, 2.05) is 0 Å². The Balaban J connectivity index is 1.79. The first kappa shape index (κ1) is 17.4. The highest BCUT2D eigenvalue weighted by Gasteiger charge is 2.15. The van der Waals surface area contributed by atoms with Gasteiger partial charge in [0.1, 0.15) is 17.4 Å². The van der Waals surface area contributed by atoms with E-state index in [2.05, 4.69) is 10.9 Å². The van der Waals surface area contributed by atoms with Crippen LogP contribution < -0.4 is 15.6 Å². The molecular formula is C17H16F2N2O3. The van der Waals surface area contributed by atoms with Crippen molar-refractivity contribution in [3.05, 3.63) is 65.7 Å². The van der Waals surface area contributed by atoms with Gasteiger partial charge in [-0.25, -0.2) is 8.78 Å². The molecule has 0 aliphatic carbocycles. The molecule has 0 fully saturated rings. The second-order valence-electron chi connectivity index (χ2n) is 5.06. The Hall–Kier alpha value is -2.96. The summed E-state index contributed by atoms with van der Waals surface area (Å²) in [6.45, 7) is 1.48. The number of carbonyl (C=O) groups is 2. The molecule has 2 N–H and O–H groups in total. The van der Waals surface area contributed by atoms with Gasteiger partial charge in [0.2, 0.25) is 5.91 Å². The van der Waals surface area contributed by atoms with Crippen molar-refractivity contribution in [1.82, 2.24) is 10.9 Å². The molecule has 2 aromatic carbocycles. The van der Waals surface area contributed by atoms with E-state index in [9.17, 15) is 18.4 Å². The first-order chi connectivity index (χ1) is 11.4. The van der Waals surface area contributed by atoms with Gasteiger partial charge in [0.15, 0.2) is 6.10 Å². The third-order valence-corrected chi connectivity index (χ3v) is 3.07. The van der Waals surface area contributed by atoms with Crippen molar-refractivity contribution in [3.63, 3.8) is 0 Å². The van der Waals surface area contributed by atoms with Crippen molar-refractivity contribution in [2.75, 3.05) is 0 Å². The van der Waals surface area contributed by atoms with Gasteiger partial charge in [-0.05, 0) is 48.9 Å². The number of amides is 2. The van der Waals surface area contributed by atoms with Crippen molar-refractivity contribution in [2.24, 2.45) is 0 Å². The minimum absolute atomic E-state index is 0.0781. The van der Waals surface area contributed by atoms with Gasteiger partial charge in [-0.1, -0.05) is 12.1 Å². The maximum atomic E-state index is 13.0. The summed E-state index contributed by atoms with van der Waals surface area (Å²) in [7, 11) is 0. The van der Waals surface area contributed by atoms with E-state index in [0.717, 1.165) is 0 Å². The molecule has 7 heteroatoms. The second kappa shape index (κ2) is 8.05. The van der Waals surface area contributed by atoms with Crippen molar-refractivity contribution < 1.29 is 23.1 Å². The molecule has 0 aliphatic heterocycles. The highest BCUT2D eigenvalue weighted by Crippen LogP contribution is 2.12. The fourth-order valence-electron chi connectivity index (χ4n) is 1.88. The van der Waals surface area contributed by atoms with Crippen molar-refractivity contribution in [2.45, 2.75) is 19.4 Å². The Morgan fingerprint density at radius 1 is 1.04 bits per heavy atom. The molecule has 0 saturated heterocycles. The summed E-state index contributed by atoms with van der Waals surface area (Å²) in [4.78, 5) is 23.6. The molecule has 2 amide bonds. The lowest BCUT2D eigenvalue weighted by Crippen LogP contribution is -2.47. The number of hydrogen-bond donors (Lipinski definition) is 2. The van der Waals surface area contributed by atoms with Gasteiger partial charge in [0.25, 0.3) is 5.91 Å². The number of nitrogens with one attached hydrogen (secondary N) is 2. The normalized spacial score (nSPS) is 11.5. The lowest BCUT2D eigenvalue weighted by molar-refractivity contribution is -0.132. The Bertz CT molecular complexity index is 720. The van der Waals surface area contributed by atoms with Gasteiger partial charge in [0, 0.05) is 0 Å². The molecule has 0 heterocycles. The van der Waals surface area contributed by atoms with Crippen LogP contribution in [0.25, 0.3) is 0 Å². The fourth-order valence-corrected chi connectivity index (χ4v) is 1.88. The SMILES string of the molecule is C[C@H](Oc1ccc(F)cc1)C(=O)NNC(=O)Cc1cccc(F)c1. The number of ether oxygens (including phenoxy) is 1. The highest BCUT2D eigenvalue weighted by molar-refractivity contribution is 5.85. The molecule has 0 saturated carbocycles. The smallest absolute Gasteiger partial charge is 0.279 e. The predicted molar refractivity (Wildman–Crippen MR) is 82.9 cm³/mol. The van der Waals surface area contributed by atoms with Crippen molar-refractivity contribution >= 4 is 11.8 Å². The maximum Gasteiger partial charge on any atom is 0.279 e. The standard InChI is InChI=1S/C17H16F2N2O3/c1-11(24-15-7-5-13(18)6-8-15)17(23)21-20-16(22)10-12-3-2-4-14(19)9-12/h2-9,11H,10H2,1H3,(H,20,22)(H,21,23)/t11-/m0/s1. The summed E-state index contributed by atoms with van der Waals surface area (Å²) in [6.07, 6.45) is -0.976. The van der Waals surface area contributed by atoms with Crippen LogP contribution in [0.3, 0.4) is 0 Å². The Labute approximate surface area is 137 Å². The number of rotatable bonds is 5. The Morgan fingerprint density at radius 2 is 1.75 bits per heavy atom. The Kier molecular flexibility index (Phi) is 5.83. The number of carbonyl (C=O) groups excluding carboxylic acids is 2. The van der Waals surface area contributed by atoms with Crippen LogP contribution in [0.2, 0.25) is 0 Å². The second-order valence-corrected chi connectivity index (χ2v) is 5.06. The summed E-state index contributed by atoms with van der Waals surface area (Å²) >= 11 is 0. The molecule has 5 nitrogen and oxygen atoms in total. The molecule has 1 atom stereocenters. The van der Waals surface area contributed by atoms with E-state index in [4.69, 9.17) is 4.74 Å². The van der Waals surface area contributed by atoms with E-state index in [1.54, 1.807) is 6.07 Å². The summed E-state index contributed by atoms with van der Waals surface area (Å²) < 4.78 is 31.1. The molecule has 126 valence electrons. The van der Waals surface area contributed by atoms with Crippen molar-refractivity contribution in [1.29, 1.82) is 0 Å². The van der Waals surface area contributed by atoms with Crippen LogP contribution in [-0.4, -0.2) is 17.9 Å². The molecule has 0 aromatic heterocycles. The van der Waals surface area contributed by atoms with Gasteiger partial charge < -0.3 is 4.74 Å². The van der Waals surface area contributed by atoms with Crippen LogP contribution in [0.4, 0.5) is 8.78 Å². The minimum Gasteiger partial charge on any atom is -0.481 e. The van der Waals surface area contributed by atoms with Gasteiger partial charge >= 0.3 is 0 Å². The van der Waals surface area contributed by atoms with Gasteiger partial charge in [-0.2, -0.15) is 0 Å². The van der Waals surface area contributed by atoms with Gasteiger partial charge in [-0.15, -0.1) is 0 Å². The minimum atomic E-state index is -0.898. The number of benzene rings is 2. The van der Waals surface area contributed by atoms with Crippen LogP contribution in [0, 0.1) is 11.6 Å². The molecular weight excluding hydrogens is 318 g/mol.